The van der Waals surface area contributed by atoms with Gasteiger partial charge in [0.2, 0.25) is 5.82 Å². The molecule has 0 fully saturated rings. The van der Waals surface area contributed by atoms with Gasteiger partial charge in [-0.05, 0) is 35.9 Å². The molecule has 0 aliphatic heterocycles. The predicted octanol–water partition coefficient (Wildman–Crippen LogP) is 4.79. The Labute approximate surface area is 174 Å². The quantitative estimate of drug-likeness (QED) is 0.409. The van der Waals surface area contributed by atoms with Gasteiger partial charge in [0.15, 0.2) is 0 Å². The first-order valence-corrected chi connectivity index (χ1v) is 10.8. The molecule has 0 saturated heterocycles. The lowest BCUT2D eigenvalue weighted by Gasteiger charge is -2.05. The van der Waals surface area contributed by atoms with Gasteiger partial charge in [0.1, 0.15) is 4.83 Å². The van der Waals surface area contributed by atoms with Crippen molar-refractivity contribution in [3.05, 3.63) is 75.7 Å². The first-order chi connectivity index (χ1) is 14.2. The van der Waals surface area contributed by atoms with Crippen molar-refractivity contribution in [2.45, 2.75) is 19.9 Å². The van der Waals surface area contributed by atoms with Crippen LogP contribution in [0.1, 0.15) is 11.1 Å². The second kappa shape index (κ2) is 7.38. The minimum atomic E-state index is -0.0380. The molecule has 0 saturated carbocycles. The minimum absolute atomic E-state index is 0.0380. The van der Waals surface area contributed by atoms with Crippen molar-refractivity contribution in [2.75, 3.05) is 0 Å². The van der Waals surface area contributed by atoms with Gasteiger partial charge in [0.05, 0.1) is 21.5 Å². The van der Waals surface area contributed by atoms with Crippen LogP contribution in [0.15, 0.2) is 63.5 Å². The van der Waals surface area contributed by atoms with E-state index in [0.29, 0.717) is 28.5 Å². The number of aromatic nitrogens is 4. The molecule has 144 valence electrons. The van der Waals surface area contributed by atoms with Gasteiger partial charge in [0.25, 0.3) is 11.4 Å². The highest BCUT2D eigenvalue weighted by molar-refractivity contribution is 7.22. The van der Waals surface area contributed by atoms with Gasteiger partial charge in [0, 0.05) is 6.54 Å². The monoisotopic (exact) mass is 420 g/mol. The van der Waals surface area contributed by atoms with Crippen LogP contribution in [-0.2, 0) is 13.0 Å². The number of benzene rings is 1. The number of hydrogen-bond donors (Lipinski definition) is 0. The van der Waals surface area contributed by atoms with Gasteiger partial charge in [-0.3, -0.25) is 9.36 Å². The van der Waals surface area contributed by atoms with Crippen LogP contribution in [0, 0.1) is 6.92 Å². The Morgan fingerprint density at radius 2 is 2.00 bits per heavy atom. The Kier molecular flexibility index (Phi) is 4.57. The maximum Gasteiger partial charge on any atom is 0.268 e. The van der Waals surface area contributed by atoms with Crippen molar-refractivity contribution in [3.63, 3.8) is 0 Å². The molecule has 1 aromatic carbocycles. The third kappa shape index (κ3) is 3.30. The highest BCUT2D eigenvalue weighted by Gasteiger charge is 2.20. The molecule has 0 unspecified atom stereocenters. The molecule has 6 nitrogen and oxygen atoms in total. The summed E-state index contributed by atoms with van der Waals surface area (Å²) in [5.41, 5.74) is 1.98. The first kappa shape index (κ1) is 18.0. The predicted molar refractivity (Wildman–Crippen MR) is 115 cm³/mol. The molecule has 0 bridgehead atoms. The fraction of sp³-hybridized carbons (Fsp3) is 0.143. The van der Waals surface area contributed by atoms with E-state index in [1.807, 2.05) is 42.6 Å². The fourth-order valence-electron chi connectivity index (χ4n) is 3.24. The standard InChI is InChI=1S/C21H16N4O2S2/c1-13-16-20(22-12-25(21(16)26)10-9-14-6-3-2-4-7-14)29-17(13)19-23-18(24-27-19)15-8-5-11-28-15/h2-8,11-12H,9-10H2,1H3. The number of rotatable bonds is 5. The molecule has 8 heteroatoms. The van der Waals surface area contributed by atoms with Gasteiger partial charge in [-0.2, -0.15) is 4.98 Å². The first-order valence-electron chi connectivity index (χ1n) is 9.11. The van der Waals surface area contributed by atoms with Crippen LogP contribution < -0.4 is 5.56 Å². The highest BCUT2D eigenvalue weighted by Crippen LogP contribution is 2.35. The number of aryl methyl sites for hydroxylation is 3. The number of thiophene rings is 2. The average molecular weight is 421 g/mol. The fourth-order valence-corrected chi connectivity index (χ4v) is 4.95. The van der Waals surface area contributed by atoms with Gasteiger partial charge in [-0.25, -0.2) is 4.98 Å². The molecule has 0 radical (unpaired) electrons. The van der Waals surface area contributed by atoms with E-state index in [1.165, 1.54) is 16.9 Å². The van der Waals surface area contributed by atoms with E-state index in [4.69, 9.17) is 4.52 Å². The Morgan fingerprint density at radius 3 is 2.79 bits per heavy atom. The Bertz CT molecular complexity index is 1330. The molecule has 4 heterocycles. The van der Waals surface area contributed by atoms with Crippen LogP contribution in [0.3, 0.4) is 0 Å². The van der Waals surface area contributed by atoms with Crippen LogP contribution in [-0.4, -0.2) is 19.7 Å². The summed E-state index contributed by atoms with van der Waals surface area (Å²) in [5.74, 6) is 0.976. The van der Waals surface area contributed by atoms with Crippen molar-refractivity contribution < 1.29 is 4.52 Å². The SMILES string of the molecule is Cc1c(-c2nc(-c3cccs3)no2)sc2ncn(CCc3ccccc3)c(=O)c12. The van der Waals surface area contributed by atoms with E-state index in [9.17, 15) is 4.79 Å². The second-order valence-electron chi connectivity index (χ2n) is 6.62. The van der Waals surface area contributed by atoms with E-state index in [1.54, 1.807) is 22.2 Å². The van der Waals surface area contributed by atoms with Crippen molar-refractivity contribution in [1.29, 1.82) is 0 Å². The maximum atomic E-state index is 13.1. The lowest BCUT2D eigenvalue weighted by atomic mass is 10.1. The molecular weight excluding hydrogens is 404 g/mol. The third-order valence-corrected chi connectivity index (χ3v) is 6.82. The zero-order valence-corrected chi connectivity index (χ0v) is 17.2. The molecule has 29 heavy (non-hydrogen) atoms. The summed E-state index contributed by atoms with van der Waals surface area (Å²) in [7, 11) is 0. The largest absolute Gasteiger partial charge is 0.333 e. The summed E-state index contributed by atoms with van der Waals surface area (Å²) in [6.45, 7) is 2.49. The summed E-state index contributed by atoms with van der Waals surface area (Å²) in [6, 6.07) is 14.0. The Balaban J connectivity index is 1.50. The highest BCUT2D eigenvalue weighted by atomic mass is 32.1. The van der Waals surface area contributed by atoms with E-state index in [2.05, 4.69) is 27.3 Å². The van der Waals surface area contributed by atoms with Crippen molar-refractivity contribution in [1.82, 2.24) is 19.7 Å². The molecule has 5 aromatic rings. The zero-order valence-electron chi connectivity index (χ0n) is 15.5. The van der Waals surface area contributed by atoms with Crippen molar-refractivity contribution >= 4 is 32.9 Å². The topological polar surface area (TPSA) is 73.8 Å². The smallest absolute Gasteiger partial charge is 0.268 e. The zero-order chi connectivity index (χ0) is 19.8. The molecular formula is C21H16N4O2S2. The van der Waals surface area contributed by atoms with Gasteiger partial charge >= 0.3 is 0 Å². The van der Waals surface area contributed by atoms with Gasteiger partial charge in [-0.15, -0.1) is 22.7 Å². The molecule has 5 rings (SSSR count). The molecule has 0 aliphatic rings. The van der Waals surface area contributed by atoms with Crippen molar-refractivity contribution in [2.24, 2.45) is 0 Å². The van der Waals surface area contributed by atoms with E-state index in [0.717, 1.165) is 21.7 Å². The van der Waals surface area contributed by atoms with Gasteiger partial charge < -0.3 is 4.52 Å². The summed E-state index contributed by atoms with van der Waals surface area (Å²) in [6.07, 6.45) is 2.40. The van der Waals surface area contributed by atoms with Crippen LogP contribution in [0.2, 0.25) is 0 Å². The summed E-state index contributed by atoms with van der Waals surface area (Å²) in [5, 5.41) is 6.67. The molecule has 0 amide bonds. The van der Waals surface area contributed by atoms with Crippen molar-refractivity contribution in [3.8, 4) is 21.5 Å². The van der Waals surface area contributed by atoms with Crippen LogP contribution in [0.4, 0.5) is 0 Å². The number of fused-ring (bicyclic) bond motifs is 1. The van der Waals surface area contributed by atoms with Crippen LogP contribution >= 0.6 is 22.7 Å². The molecule has 0 N–H and O–H groups in total. The lowest BCUT2D eigenvalue weighted by molar-refractivity contribution is 0.433. The summed E-state index contributed by atoms with van der Waals surface area (Å²) < 4.78 is 7.15. The van der Waals surface area contributed by atoms with Crippen LogP contribution in [0.25, 0.3) is 31.7 Å². The molecule has 4 aromatic heterocycles. The van der Waals surface area contributed by atoms with E-state index >= 15 is 0 Å². The average Bonchev–Trinajstić information content (AvgIpc) is 3.48. The number of hydrogen-bond acceptors (Lipinski definition) is 7. The Hall–Kier alpha value is -3.10. The lowest BCUT2D eigenvalue weighted by Crippen LogP contribution is -2.21. The molecule has 0 aliphatic carbocycles. The number of nitrogens with zero attached hydrogens (tertiary/aromatic N) is 4. The molecule has 0 spiro atoms. The molecule has 0 atom stereocenters. The van der Waals surface area contributed by atoms with Gasteiger partial charge in [-0.1, -0.05) is 41.6 Å². The normalized spacial score (nSPS) is 11.3. The summed E-state index contributed by atoms with van der Waals surface area (Å²) >= 11 is 2.96. The van der Waals surface area contributed by atoms with E-state index in [-0.39, 0.29) is 5.56 Å². The minimum Gasteiger partial charge on any atom is -0.333 e. The maximum absolute atomic E-state index is 13.1. The third-order valence-electron chi connectivity index (χ3n) is 4.76. The Morgan fingerprint density at radius 1 is 1.14 bits per heavy atom. The summed E-state index contributed by atoms with van der Waals surface area (Å²) in [4.78, 5) is 24.5. The van der Waals surface area contributed by atoms with E-state index < -0.39 is 0 Å². The van der Waals surface area contributed by atoms with Crippen LogP contribution in [0.5, 0.6) is 0 Å². The second-order valence-corrected chi connectivity index (χ2v) is 8.56.